The maximum atomic E-state index is 12.5. The van der Waals surface area contributed by atoms with Gasteiger partial charge in [0.1, 0.15) is 5.75 Å². The van der Waals surface area contributed by atoms with Crippen LogP contribution < -0.4 is 4.74 Å². The minimum absolute atomic E-state index is 0.0463. The number of amides is 1. The van der Waals surface area contributed by atoms with Crippen LogP contribution in [-0.2, 0) is 0 Å². The second-order valence-corrected chi connectivity index (χ2v) is 4.52. The van der Waals surface area contributed by atoms with E-state index in [2.05, 4.69) is 4.74 Å². The van der Waals surface area contributed by atoms with Crippen LogP contribution in [0.15, 0.2) is 36.4 Å². The highest BCUT2D eigenvalue weighted by atomic mass is 19.3. The molecule has 0 heterocycles. The molecule has 0 unspecified atom stereocenters. The molecule has 6 heteroatoms. The summed E-state index contributed by atoms with van der Waals surface area (Å²) in [6.07, 6.45) is 0. The van der Waals surface area contributed by atoms with Crippen molar-refractivity contribution in [2.45, 2.75) is 6.61 Å². The van der Waals surface area contributed by atoms with Crippen LogP contribution in [0, 0.1) is 0 Å². The second kappa shape index (κ2) is 6.49. The summed E-state index contributed by atoms with van der Waals surface area (Å²) in [7, 11) is 1.49. The SMILES string of the molecule is CN(CCO)C(=O)c1cc2ccccc2cc1OC(F)F. The first kappa shape index (κ1) is 15.2. The molecule has 0 saturated carbocycles. The number of rotatable bonds is 5. The molecule has 1 N–H and O–H groups in total. The average molecular weight is 295 g/mol. The van der Waals surface area contributed by atoms with Gasteiger partial charge in [0.15, 0.2) is 0 Å². The summed E-state index contributed by atoms with van der Waals surface area (Å²) in [6.45, 7) is -3.11. The summed E-state index contributed by atoms with van der Waals surface area (Å²) in [6, 6.07) is 10.0. The third-order valence-electron chi connectivity index (χ3n) is 3.08. The van der Waals surface area contributed by atoms with Crippen LogP contribution in [0.5, 0.6) is 5.75 Å². The van der Waals surface area contributed by atoms with Crippen molar-refractivity contribution in [1.29, 1.82) is 0 Å². The Morgan fingerprint density at radius 3 is 2.48 bits per heavy atom. The first-order valence-corrected chi connectivity index (χ1v) is 6.37. The molecule has 0 aliphatic rings. The van der Waals surface area contributed by atoms with E-state index in [1.54, 1.807) is 24.3 Å². The molecule has 0 bridgehead atoms. The van der Waals surface area contributed by atoms with Gasteiger partial charge in [0.05, 0.1) is 12.2 Å². The molecule has 2 aromatic carbocycles. The van der Waals surface area contributed by atoms with E-state index in [1.807, 2.05) is 0 Å². The minimum atomic E-state index is -3.01. The summed E-state index contributed by atoms with van der Waals surface area (Å²) in [5.74, 6) is -0.649. The molecule has 0 atom stereocenters. The van der Waals surface area contributed by atoms with E-state index in [-0.39, 0.29) is 24.5 Å². The number of carbonyl (C=O) groups excluding carboxylic acids is 1. The van der Waals surface area contributed by atoms with Gasteiger partial charge >= 0.3 is 6.61 Å². The van der Waals surface area contributed by atoms with E-state index in [0.29, 0.717) is 5.39 Å². The second-order valence-electron chi connectivity index (χ2n) is 4.52. The average Bonchev–Trinajstić information content (AvgIpc) is 2.45. The van der Waals surface area contributed by atoms with E-state index in [4.69, 9.17) is 5.11 Å². The van der Waals surface area contributed by atoms with Crippen molar-refractivity contribution >= 4 is 16.7 Å². The maximum absolute atomic E-state index is 12.5. The molecule has 0 saturated heterocycles. The highest BCUT2D eigenvalue weighted by molar-refractivity contribution is 6.01. The predicted molar refractivity (Wildman–Crippen MR) is 74.6 cm³/mol. The van der Waals surface area contributed by atoms with Gasteiger partial charge in [0.25, 0.3) is 5.91 Å². The highest BCUT2D eigenvalue weighted by Gasteiger charge is 2.19. The molecular weight excluding hydrogens is 280 g/mol. The predicted octanol–water partition coefficient (Wildman–Crippen LogP) is 2.51. The molecule has 4 nitrogen and oxygen atoms in total. The molecule has 2 rings (SSSR count). The van der Waals surface area contributed by atoms with E-state index >= 15 is 0 Å². The fourth-order valence-corrected chi connectivity index (χ4v) is 2.04. The van der Waals surface area contributed by atoms with Gasteiger partial charge in [-0.15, -0.1) is 0 Å². The van der Waals surface area contributed by atoms with Gasteiger partial charge in [-0.2, -0.15) is 8.78 Å². The number of fused-ring (bicyclic) bond motifs is 1. The summed E-state index contributed by atoms with van der Waals surface area (Å²) < 4.78 is 29.5. The fourth-order valence-electron chi connectivity index (χ4n) is 2.04. The van der Waals surface area contributed by atoms with Gasteiger partial charge in [0, 0.05) is 13.6 Å². The molecule has 0 radical (unpaired) electrons. The summed E-state index contributed by atoms with van der Waals surface area (Å²) in [5.41, 5.74) is 0.0463. The molecule has 0 aromatic heterocycles. The van der Waals surface area contributed by atoms with Crippen molar-refractivity contribution in [3.8, 4) is 5.75 Å². The minimum Gasteiger partial charge on any atom is -0.434 e. The molecule has 2 aromatic rings. The van der Waals surface area contributed by atoms with Crippen LogP contribution in [0.1, 0.15) is 10.4 Å². The zero-order chi connectivity index (χ0) is 15.4. The number of carbonyl (C=O) groups is 1. The van der Waals surface area contributed by atoms with E-state index in [0.717, 1.165) is 5.39 Å². The first-order valence-electron chi connectivity index (χ1n) is 6.37. The van der Waals surface area contributed by atoms with E-state index in [9.17, 15) is 13.6 Å². The Kier molecular flexibility index (Phi) is 4.70. The Morgan fingerprint density at radius 2 is 1.90 bits per heavy atom. The van der Waals surface area contributed by atoms with Crippen LogP contribution in [0.3, 0.4) is 0 Å². The Morgan fingerprint density at radius 1 is 1.29 bits per heavy atom. The van der Waals surface area contributed by atoms with Crippen LogP contribution in [0.2, 0.25) is 0 Å². The number of benzene rings is 2. The lowest BCUT2D eigenvalue weighted by molar-refractivity contribution is -0.0501. The largest absolute Gasteiger partial charge is 0.434 e. The van der Waals surface area contributed by atoms with Crippen molar-refractivity contribution in [2.24, 2.45) is 0 Å². The third kappa shape index (κ3) is 3.46. The van der Waals surface area contributed by atoms with Crippen molar-refractivity contribution in [3.63, 3.8) is 0 Å². The van der Waals surface area contributed by atoms with Gasteiger partial charge in [-0.3, -0.25) is 4.79 Å². The van der Waals surface area contributed by atoms with Crippen molar-refractivity contribution in [2.75, 3.05) is 20.2 Å². The standard InChI is InChI=1S/C15H15F2NO3/c1-18(6-7-19)14(20)12-8-10-4-2-3-5-11(10)9-13(12)21-15(16)17/h2-5,8-9,15,19H,6-7H2,1H3. The number of halogens is 2. The van der Waals surface area contributed by atoms with Crippen molar-refractivity contribution in [3.05, 3.63) is 42.0 Å². The number of hydrogen-bond acceptors (Lipinski definition) is 3. The summed E-state index contributed by atoms with van der Waals surface area (Å²) in [4.78, 5) is 13.5. The Balaban J connectivity index is 2.50. The van der Waals surface area contributed by atoms with Crippen molar-refractivity contribution < 1.29 is 23.4 Å². The summed E-state index contributed by atoms with van der Waals surface area (Å²) in [5, 5.41) is 10.3. The zero-order valence-corrected chi connectivity index (χ0v) is 11.4. The van der Waals surface area contributed by atoms with Gasteiger partial charge < -0.3 is 14.7 Å². The molecule has 112 valence electrons. The lowest BCUT2D eigenvalue weighted by atomic mass is 10.0. The first-order chi connectivity index (χ1) is 10.0. The fraction of sp³-hybridized carbons (Fsp3) is 0.267. The van der Waals surface area contributed by atoms with E-state index in [1.165, 1.54) is 24.1 Å². The number of aliphatic hydroxyl groups excluding tert-OH is 1. The number of likely N-dealkylation sites (N-methyl/N-ethyl adjacent to an activating group) is 1. The number of aliphatic hydroxyl groups is 1. The smallest absolute Gasteiger partial charge is 0.387 e. The van der Waals surface area contributed by atoms with Gasteiger partial charge in [-0.25, -0.2) is 0 Å². The molecule has 0 fully saturated rings. The van der Waals surface area contributed by atoms with Crippen molar-refractivity contribution in [1.82, 2.24) is 4.90 Å². The third-order valence-corrected chi connectivity index (χ3v) is 3.08. The number of nitrogens with zero attached hydrogens (tertiary/aromatic N) is 1. The molecule has 0 aliphatic heterocycles. The molecular formula is C15H15F2NO3. The van der Waals surface area contributed by atoms with Gasteiger partial charge in [0.2, 0.25) is 0 Å². The quantitative estimate of drug-likeness (QED) is 0.922. The van der Waals surface area contributed by atoms with Crippen LogP contribution >= 0.6 is 0 Å². The maximum Gasteiger partial charge on any atom is 0.387 e. The number of alkyl halides is 2. The van der Waals surface area contributed by atoms with Crippen LogP contribution in [-0.4, -0.2) is 42.7 Å². The lowest BCUT2D eigenvalue weighted by Crippen LogP contribution is -2.30. The molecule has 0 spiro atoms. The lowest BCUT2D eigenvalue weighted by Gasteiger charge is -2.18. The Labute approximate surface area is 120 Å². The Bertz CT molecular complexity index is 646. The molecule has 0 aliphatic carbocycles. The highest BCUT2D eigenvalue weighted by Crippen LogP contribution is 2.28. The number of hydrogen-bond donors (Lipinski definition) is 1. The zero-order valence-electron chi connectivity index (χ0n) is 11.4. The summed E-state index contributed by atoms with van der Waals surface area (Å²) >= 11 is 0. The van der Waals surface area contributed by atoms with Gasteiger partial charge in [-0.05, 0) is 22.9 Å². The normalized spacial score (nSPS) is 10.9. The van der Waals surface area contributed by atoms with E-state index < -0.39 is 12.5 Å². The van der Waals surface area contributed by atoms with Crippen LogP contribution in [0.25, 0.3) is 10.8 Å². The molecule has 1 amide bonds. The topological polar surface area (TPSA) is 49.8 Å². The van der Waals surface area contributed by atoms with Gasteiger partial charge in [-0.1, -0.05) is 24.3 Å². The van der Waals surface area contributed by atoms with Crippen LogP contribution in [0.4, 0.5) is 8.78 Å². The Hall–Kier alpha value is -2.21. The monoisotopic (exact) mass is 295 g/mol. The number of ether oxygens (including phenoxy) is 1. The molecule has 21 heavy (non-hydrogen) atoms.